The van der Waals surface area contributed by atoms with Crippen molar-refractivity contribution >= 4 is 27.7 Å². The van der Waals surface area contributed by atoms with Gasteiger partial charge in [0.2, 0.25) is 11.8 Å². The average Bonchev–Trinajstić information content (AvgIpc) is 3.02. The van der Waals surface area contributed by atoms with Gasteiger partial charge in [0.25, 0.3) is 0 Å². The lowest BCUT2D eigenvalue weighted by Crippen LogP contribution is -2.35. The van der Waals surface area contributed by atoms with Crippen LogP contribution in [0, 0.1) is 11.8 Å². The van der Waals surface area contributed by atoms with Gasteiger partial charge >= 0.3 is 0 Å². The van der Waals surface area contributed by atoms with Gasteiger partial charge in [-0.25, -0.2) is 0 Å². The van der Waals surface area contributed by atoms with Crippen LogP contribution in [0.25, 0.3) is 0 Å². The molecule has 0 radical (unpaired) electrons. The van der Waals surface area contributed by atoms with Gasteiger partial charge in [-0.1, -0.05) is 34.5 Å². The maximum Gasteiger partial charge on any atom is 0.236 e. The highest BCUT2D eigenvalue weighted by Gasteiger charge is 2.60. The molecule has 5 heteroatoms. The Labute approximate surface area is 114 Å². The van der Waals surface area contributed by atoms with E-state index in [1.807, 2.05) is 12.2 Å². The lowest BCUT2D eigenvalue weighted by Gasteiger charge is -2.17. The van der Waals surface area contributed by atoms with Crippen LogP contribution in [0.5, 0.6) is 0 Å². The van der Waals surface area contributed by atoms with Crippen molar-refractivity contribution in [1.82, 2.24) is 4.90 Å². The summed E-state index contributed by atoms with van der Waals surface area (Å²) in [6, 6.07) is 0. The quantitative estimate of drug-likeness (QED) is 0.334. The highest BCUT2D eigenvalue weighted by Crippen LogP contribution is 2.45. The fourth-order valence-corrected chi connectivity index (χ4v) is 3.52. The second-order valence-electron chi connectivity index (χ2n) is 5.08. The number of likely N-dealkylation sites (tertiary alicyclic amines) is 1. The van der Waals surface area contributed by atoms with Gasteiger partial charge in [0, 0.05) is 11.9 Å². The summed E-state index contributed by atoms with van der Waals surface area (Å²) in [5, 5.41) is 0.974. The molecule has 18 heavy (non-hydrogen) atoms. The van der Waals surface area contributed by atoms with Crippen LogP contribution in [0.1, 0.15) is 19.3 Å². The summed E-state index contributed by atoms with van der Waals surface area (Å²) in [5.41, 5.74) is 0. The van der Waals surface area contributed by atoms with Gasteiger partial charge in [-0.3, -0.25) is 14.5 Å². The van der Waals surface area contributed by atoms with Crippen LogP contribution in [-0.2, 0) is 14.3 Å². The van der Waals surface area contributed by atoms with E-state index in [-0.39, 0.29) is 35.9 Å². The van der Waals surface area contributed by atoms with Crippen molar-refractivity contribution in [1.29, 1.82) is 0 Å². The first-order chi connectivity index (χ1) is 8.74. The lowest BCUT2D eigenvalue weighted by atomic mass is 9.85. The normalized spacial score (nSPS) is 36.8. The predicted octanol–water partition coefficient (Wildman–Crippen LogP) is 1.49. The number of ether oxygens (including phenoxy) is 1. The van der Waals surface area contributed by atoms with Crippen molar-refractivity contribution in [2.45, 2.75) is 31.5 Å². The standard InChI is InChI=1S/C13H16BrNO3/c14-6-2-1-3-7-15-12(16)10-8-4-5-9(18-8)11(10)13(15)17/h4-5,8-11H,1-3,6-7H2/t8-,9+,10-,11+. The van der Waals surface area contributed by atoms with Crippen LogP contribution in [0.2, 0.25) is 0 Å². The molecular weight excluding hydrogens is 298 g/mol. The molecule has 0 aromatic carbocycles. The molecule has 0 spiro atoms. The highest BCUT2D eigenvalue weighted by molar-refractivity contribution is 9.09. The number of carbonyl (C=O) groups is 2. The van der Waals surface area contributed by atoms with E-state index in [0.29, 0.717) is 6.54 Å². The molecule has 0 N–H and O–H groups in total. The van der Waals surface area contributed by atoms with Crippen molar-refractivity contribution in [3.8, 4) is 0 Å². The number of carbonyl (C=O) groups excluding carboxylic acids is 2. The average molecular weight is 314 g/mol. The molecule has 2 bridgehead atoms. The number of hydrogen-bond donors (Lipinski definition) is 0. The van der Waals surface area contributed by atoms with Crippen LogP contribution in [-0.4, -0.2) is 40.8 Å². The minimum Gasteiger partial charge on any atom is -0.365 e. The molecule has 2 amide bonds. The second kappa shape index (κ2) is 4.78. The zero-order valence-electron chi connectivity index (χ0n) is 10.0. The molecule has 0 aliphatic carbocycles. The van der Waals surface area contributed by atoms with Crippen molar-refractivity contribution in [2.75, 3.05) is 11.9 Å². The third-order valence-corrected chi connectivity index (χ3v) is 4.58. The van der Waals surface area contributed by atoms with Crippen molar-refractivity contribution in [2.24, 2.45) is 11.8 Å². The molecule has 4 atom stereocenters. The molecule has 0 unspecified atom stereocenters. The van der Waals surface area contributed by atoms with Gasteiger partial charge < -0.3 is 4.74 Å². The summed E-state index contributed by atoms with van der Waals surface area (Å²) in [6.07, 6.45) is 6.54. The molecule has 2 fully saturated rings. The first-order valence-electron chi connectivity index (χ1n) is 6.49. The fourth-order valence-electron chi connectivity index (χ4n) is 3.13. The minimum atomic E-state index is -0.247. The number of alkyl halides is 1. The Morgan fingerprint density at radius 1 is 1.06 bits per heavy atom. The zero-order chi connectivity index (χ0) is 12.7. The van der Waals surface area contributed by atoms with Crippen LogP contribution in [0.4, 0.5) is 0 Å². The Hall–Kier alpha value is -0.680. The van der Waals surface area contributed by atoms with E-state index < -0.39 is 0 Å². The molecule has 0 aromatic heterocycles. The number of hydrogen-bond acceptors (Lipinski definition) is 3. The lowest BCUT2D eigenvalue weighted by molar-refractivity contribution is -0.142. The SMILES string of the molecule is O=C1[C@@H]2[C@H](C(=O)N1CCCCCBr)[C@H]1C=C[C@@H]2O1. The Bertz CT molecular complexity index is 379. The molecule has 98 valence electrons. The molecule has 4 nitrogen and oxygen atoms in total. The second-order valence-corrected chi connectivity index (χ2v) is 5.87. The number of nitrogens with zero attached hydrogens (tertiary/aromatic N) is 1. The summed E-state index contributed by atoms with van der Waals surface area (Å²) in [6.45, 7) is 0.567. The number of fused-ring (bicyclic) bond motifs is 5. The van der Waals surface area contributed by atoms with E-state index in [2.05, 4.69) is 15.9 Å². The predicted molar refractivity (Wildman–Crippen MR) is 69.1 cm³/mol. The van der Waals surface area contributed by atoms with Gasteiger partial charge in [-0.2, -0.15) is 0 Å². The van der Waals surface area contributed by atoms with Crippen LogP contribution < -0.4 is 0 Å². The molecule has 3 heterocycles. The van der Waals surface area contributed by atoms with E-state index in [0.717, 1.165) is 24.6 Å². The molecule has 3 rings (SSSR count). The molecule has 0 aromatic rings. The fraction of sp³-hybridized carbons (Fsp3) is 0.692. The summed E-state index contributed by atoms with van der Waals surface area (Å²) >= 11 is 3.38. The van der Waals surface area contributed by atoms with Gasteiger partial charge in [0.15, 0.2) is 0 Å². The monoisotopic (exact) mass is 313 g/mol. The first-order valence-corrected chi connectivity index (χ1v) is 7.61. The number of rotatable bonds is 5. The minimum absolute atomic E-state index is 0.0271. The number of halogens is 1. The van der Waals surface area contributed by atoms with Crippen LogP contribution in [0.15, 0.2) is 12.2 Å². The van der Waals surface area contributed by atoms with Gasteiger partial charge in [0.05, 0.1) is 24.0 Å². The van der Waals surface area contributed by atoms with Crippen molar-refractivity contribution < 1.29 is 14.3 Å². The van der Waals surface area contributed by atoms with E-state index in [9.17, 15) is 9.59 Å². The van der Waals surface area contributed by atoms with Gasteiger partial charge in [-0.15, -0.1) is 0 Å². The topological polar surface area (TPSA) is 46.6 Å². The Kier molecular flexibility index (Phi) is 3.28. The summed E-state index contributed by atoms with van der Waals surface area (Å²) in [5.74, 6) is -0.547. The van der Waals surface area contributed by atoms with Crippen molar-refractivity contribution in [3.63, 3.8) is 0 Å². The number of unbranched alkanes of at least 4 members (excludes halogenated alkanes) is 2. The Balaban J connectivity index is 1.65. The third-order valence-electron chi connectivity index (χ3n) is 4.02. The highest BCUT2D eigenvalue weighted by atomic mass is 79.9. The molecular formula is C13H16BrNO3. The van der Waals surface area contributed by atoms with E-state index in [4.69, 9.17) is 4.74 Å². The van der Waals surface area contributed by atoms with E-state index in [1.54, 1.807) is 0 Å². The first kappa shape index (κ1) is 12.4. The maximum absolute atomic E-state index is 12.2. The largest absolute Gasteiger partial charge is 0.365 e. The summed E-state index contributed by atoms with van der Waals surface area (Å²) < 4.78 is 5.59. The molecule has 2 saturated heterocycles. The number of imide groups is 1. The Morgan fingerprint density at radius 3 is 2.22 bits per heavy atom. The van der Waals surface area contributed by atoms with E-state index >= 15 is 0 Å². The van der Waals surface area contributed by atoms with Crippen LogP contribution >= 0.6 is 15.9 Å². The van der Waals surface area contributed by atoms with Crippen molar-refractivity contribution in [3.05, 3.63) is 12.2 Å². The summed E-state index contributed by atoms with van der Waals surface area (Å²) in [7, 11) is 0. The van der Waals surface area contributed by atoms with Crippen LogP contribution in [0.3, 0.4) is 0 Å². The number of amides is 2. The summed E-state index contributed by atoms with van der Waals surface area (Å²) in [4.78, 5) is 25.9. The van der Waals surface area contributed by atoms with E-state index in [1.165, 1.54) is 4.90 Å². The smallest absolute Gasteiger partial charge is 0.236 e. The molecule has 3 aliphatic heterocycles. The van der Waals surface area contributed by atoms with Gasteiger partial charge in [-0.05, 0) is 12.8 Å². The molecule has 0 saturated carbocycles. The van der Waals surface area contributed by atoms with Gasteiger partial charge in [0.1, 0.15) is 0 Å². The Morgan fingerprint density at radius 2 is 1.67 bits per heavy atom. The molecule has 3 aliphatic rings. The third kappa shape index (κ3) is 1.75. The maximum atomic E-state index is 12.2. The zero-order valence-corrected chi connectivity index (χ0v) is 11.6.